The van der Waals surface area contributed by atoms with E-state index in [4.69, 9.17) is 23.2 Å². The molecular weight excluding hydrogens is 371 g/mol. The highest BCUT2D eigenvalue weighted by Gasteiger charge is 2.54. The highest BCUT2D eigenvalue weighted by atomic mass is 35.5. The number of anilines is 1. The van der Waals surface area contributed by atoms with Crippen LogP contribution in [0.25, 0.3) is 0 Å². The fourth-order valence-corrected chi connectivity index (χ4v) is 6.03. The standard InChI is InChI=1S/C20H24Cl2N2O2/c21-15-2-1-3-16(18(15)22)24-17(25)4-5-23-19(26)20-9-12-6-13(10-20)8-14(7-12)11-20/h1-3,12-14H,4-11H2,(H,23,26)(H,24,25). The van der Waals surface area contributed by atoms with Crippen LogP contribution in [-0.2, 0) is 9.59 Å². The number of carbonyl (C=O) groups is 2. The molecule has 6 heteroatoms. The number of nitrogens with one attached hydrogen (secondary N) is 2. The van der Waals surface area contributed by atoms with Gasteiger partial charge in [-0.3, -0.25) is 9.59 Å². The minimum absolute atomic E-state index is 0.158. The van der Waals surface area contributed by atoms with Crippen molar-refractivity contribution in [2.75, 3.05) is 11.9 Å². The minimum Gasteiger partial charge on any atom is -0.355 e. The summed E-state index contributed by atoms with van der Waals surface area (Å²) in [5.41, 5.74) is 0.332. The van der Waals surface area contributed by atoms with Crippen molar-refractivity contribution in [3.05, 3.63) is 28.2 Å². The molecule has 4 aliphatic carbocycles. The number of hydrogen-bond donors (Lipinski definition) is 2. The lowest BCUT2D eigenvalue weighted by atomic mass is 9.49. The Morgan fingerprint density at radius 2 is 1.65 bits per heavy atom. The second kappa shape index (κ2) is 7.05. The maximum Gasteiger partial charge on any atom is 0.226 e. The van der Waals surface area contributed by atoms with Gasteiger partial charge in [-0.1, -0.05) is 29.3 Å². The van der Waals surface area contributed by atoms with E-state index in [1.807, 2.05) is 0 Å². The van der Waals surface area contributed by atoms with E-state index < -0.39 is 0 Å². The number of benzene rings is 1. The van der Waals surface area contributed by atoms with Gasteiger partial charge in [0.1, 0.15) is 0 Å². The van der Waals surface area contributed by atoms with E-state index in [2.05, 4.69) is 10.6 Å². The van der Waals surface area contributed by atoms with E-state index in [9.17, 15) is 9.59 Å². The van der Waals surface area contributed by atoms with Gasteiger partial charge in [0.25, 0.3) is 0 Å². The Kier molecular flexibility index (Phi) is 4.91. The van der Waals surface area contributed by atoms with Gasteiger partial charge in [0, 0.05) is 18.4 Å². The van der Waals surface area contributed by atoms with Gasteiger partial charge < -0.3 is 10.6 Å². The Balaban J connectivity index is 1.29. The van der Waals surface area contributed by atoms with Gasteiger partial charge in [0.2, 0.25) is 11.8 Å². The van der Waals surface area contributed by atoms with Crippen molar-refractivity contribution in [3.63, 3.8) is 0 Å². The van der Waals surface area contributed by atoms with Crippen LogP contribution in [0.1, 0.15) is 44.9 Å². The van der Waals surface area contributed by atoms with Gasteiger partial charge >= 0.3 is 0 Å². The number of rotatable bonds is 5. The van der Waals surface area contributed by atoms with Crippen LogP contribution >= 0.6 is 23.2 Å². The monoisotopic (exact) mass is 394 g/mol. The smallest absolute Gasteiger partial charge is 0.226 e. The first-order valence-electron chi connectivity index (χ1n) is 9.47. The normalized spacial score (nSPS) is 31.7. The summed E-state index contributed by atoms with van der Waals surface area (Å²) in [7, 11) is 0. The summed E-state index contributed by atoms with van der Waals surface area (Å²) >= 11 is 12.0. The van der Waals surface area contributed by atoms with E-state index >= 15 is 0 Å². The second-order valence-electron chi connectivity index (χ2n) is 8.35. The molecule has 0 saturated heterocycles. The first kappa shape index (κ1) is 18.1. The molecule has 4 saturated carbocycles. The molecule has 2 amide bonds. The molecule has 0 unspecified atom stereocenters. The second-order valence-corrected chi connectivity index (χ2v) is 9.14. The summed E-state index contributed by atoms with van der Waals surface area (Å²) in [5, 5.41) is 6.51. The highest BCUT2D eigenvalue weighted by Crippen LogP contribution is 2.60. The summed E-state index contributed by atoms with van der Waals surface area (Å²) in [6.45, 7) is 0.352. The number of amides is 2. The van der Waals surface area contributed by atoms with Gasteiger partial charge in [0.15, 0.2) is 0 Å². The summed E-state index contributed by atoms with van der Waals surface area (Å²) in [4.78, 5) is 25.0. The van der Waals surface area contributed by atoms with Crippen LogP contribution in [0.5, 0.6) is 0 Å². The molecule has 4 nitrogen and oxygen atoms in total. The van der Waals surface area contributed by atoms with Crippen molar-refractivity contribution in [3.8, 4) is 0 Å². The van der Waals surface area contributed by atoms with Crippen LogP contribution in [0.4, 0.5) is 5.69 Å². The minimum atomic E-state index is -0.181. The van der Waals surface area contributed by atoms with Gasteiger partial charge in [-0.2, -0.15) is 0 Å². The van der Waals surface area contributed by atoms with Crippen LogP contribution in [0.3, 0.4) is 0 Å². The molecular formula is C20H24Cl2N2O2. The predicted octanol–water partition coefficient (Wildman–Crippen LogP) is 4.65. The fraction of sp³-hybridized carbons (Fsp3) is 0.600. The van der Waals surface area contributed by atoms with Crippen molar-refractivity contribution in [2.24, 2.45) is 23.2 Å². The molecule has 4 fully saturated rings. The predicted molar refractivity (Wildman–Crippen MR) is 103 cm³/mol. The molecule has 26 heavy (non-hydrogen) atoms. The molecule has 0 heterocycles. The third-order valence-electron chi connectivity index (χ3n) is 6.38. The van der Waals surface area contributed by atoms with Gasteiger partial charge in [-0.05, 0) is 68.4 Å². The average molecular weight is 395 g/mol. The van der Waals surface area contributed by atoms with Gasteiger partial charge in [-0.15, -0.1) is 0 Å². The van der Waals surface area contributed by atoms with Crippen molar-refractivity contribution in [1.82, 2.24) is 5.32 Å². The molecule has 0 atom stereocenters. The summed E-state index contributed by atoms with van der Waals surface area (Å²) in [5.74, 6) is 2.19. The number of hydrogen-bond acceptors (Lipinski definition) is 2. The number of halogens is 2. The first-order chi connectivity index (χ1) is 12.4. The largest absolute Gasteiger partial charge is 0.355 e. The molecule has 0 aliphatic heterocycles. The molecule has 140 valence electrons. The fourth-order valence-electron chi connectivity index (χ4n) is 5.68. The van der Waals surface area contributed by atoms with E-state index in [1.165, 1.54) is 19.3 Å². The van der Waals surface area contributed by atoms with Crippen LogP contribution in [0.15, 0.2) is 18.2 Å². The third-order valence-corrected chi connectivity index (χ3v) is 7.20. The molecule has 1 aromatic carbocycles. The zero-order valence-electron chi connectivity index (χ0n) is 14.7. The molecule has 0 aromatic heterocycles. The van der Waals surface area contributed by atoms with Crippen LogP contribution in [-0.4, -0.2) is 18.4 Å². The molecule has 1 aromatic rings. The Bertz CT molecular complexity index is 699. The van der Waals surface area contributed by atoms with Crippen molar-refractivity contribution >= 4 is 40.7 Å². The van der Waals surface area contributed by atoms with Crippen molar-refractivity contribution in [2.45, 2.75) is 44.9 Å². The molecule has 5 rings (SSSR count). The van der Waals surface area contributed by atoms with Crippen LogP contribution in [0.2, 0.25) is 10.0 Å². The van der Waals surface area contributed by atoms with Gasteiger partial charge in [-0.25, -0.2) is 0 Å². The molecule has 4 aliphatic rings. The third kappa shape index (κ3) is 3.46. The topological polar surface area (TPSA) is 58.2 Å². The van der Waals surface area contributed by atoms with E-state index in [-0.39, 0.29) is 23.7 Å². The molecule has 2 N–H and O–H groups in total. The maximum absolute atomic E-state index is 12.9. The lowest BCUT2D eigenvalue weighted by molar-refractivity contribution is -0.146. The highest BCUT2D eigenvalue weighted by molar-refractivity contribution is 6.43. The zero-order chi connectivity index (χ0) is 18.3. The SMILES string of the molecule is O=C(CCNC(=O)C12CC3CC(CC(C3)C1)C2)Nc1cccc(Cl)c1Cl. The van der Waals surface area contributed by atoms with E-state index in [0.717, 1.165) is 37.0 Å². The summed E-state index contributed by atoms with van der Waals surface area (Å²) < 4.78 is 0. The molecule has 0 radical (unpaired) electrons. The van der Waals surface area contributed by atoms with E-state index in [1.54, 1.807) is 18.2 Å². The molecule has 0 spiro atoms. The lowest BCUT2D eigenvalue weighted by Crippen LogP contribution is -2.53. The van der Waals surface area contributed by atoms with E-state index in [0.29, 0.717) is 22.3 Å². The van der Waals surface area contributed by atoms with Crippen molar-refractivity contribution in [1.29, 1.82) is 0 Å². The number of carbonyl (C=O) groups excluding carboxylic acids is 2. The average Bonchev–Trinajstić information content (AvgIpc) is 2.57. The Morgan fingerprint density at radius 1 is 1.04 bits per heavy atom. The van der Waals surface area contributed by atoms with Crippen LogP contribution in [0, 0.1) is 23.2 Å². The first-order valence-corrected chi connectivity index (χ1v) is 10.2. The van der Waals surface area contributed by atoms with Crippen molar-refractivity contribution < 1.29 is 9.59 Å². The zero-order valence-corrected chi connectivity index (χ0v) is 16.2. The Labute approximate surface area is 164 Å². The lowest BCUT2D eigenvalue weighted by Gasteiger charge is -2.55. The Hall–Kier alpha value is -1.26. The maximum atomic E-state index is 12.9. The Morgan fingerprint density at radius 3 is 2.27 bits per heavy atom. The van der Waals surface area contributed by atoms with Gasteiger partial charge in [0.05, 0.1) is 15.7 Å². The quantitative estimate of drug-likeness (QED) is 0.762. The summed E-state index contributed by atoms with van der Waals surface area (Å²) in [6, 6.07) is 5.12. The molecule has 4 bridgehead atoms. The summed E-state index contributed by atoms with van der Waals surface area (Å²) in [6.07, 6.45) is 7.28. The van der Waals surface area contributed by atoms with Crippen LogP contribution < -0.4 is 10.6 Å².